The summed E-state index contributed by atoms with van der Waals surface area (Å²) in [7, 11) is 2.35. The van der Waals surface area contributed by atoms with Crippen LogP contribution in [0.3, 0.4) is 0 Å². The van der Waals surface area contributed by atoms with Crippen LogP contribution in [0.5, 0.6) is 0 Å². The molecule has 2 aliphatic rings. The van der Waals surface area contributed by atoms with E-state index in [9.17, 15) is 19.2 Å². The number of esters is 3. The van der Waals surface area contributed by atoms with Crippen LogP contribution in [0.15, 0.2) is 22.5 Å². The predicted octanol–water partition coefficient (Wildman–Crippen LogP) is 1.04. The van der Waals surface area contributed by atoms with Gasteiger partial charge in [-0.1, -0.05) is 0 Å². The van der Waals surface area contributed by atoms with Crippen molar-refractivity contribution in [3.63, 3.8) is 0 Å². The van der Waals surface area contributed by atoms with Crippen molar-refractivity contribution >= 4 is 23.8 Å². The Kier molecular flexibility index (Phi) is 7.41. The maximum Gasteiger partial charge on any atom is 0.336 e. The van der Waals surface area contributed by atoms with Crippen molar-refractivity contribution in [2.75, 3.05) is 27.4 Å². The molecule has 9 heteroatoms. The highest BCUT2D eigenvalue weighted by Crippen LogP contribution is 2.32. The summed E-state index contributed by atoms with van der Waals surface area (Å²) in [6.45, 7) is 5.28. The molecular formula is C20H28N2O7. The minimum atomic E-state index is -1.34. The highest BCUT2D eigenvalue weighted by atomic mass is 16.5. The Labute approximate surface area is 170 Å². The Bertz CT molecular complexity index is 731. The van der Waals surface area contributed by atoms with E-state index in [-0.39, 0.29) is 23.1 Å². The van der Waals surface area contributed by atoms with Crippen molar-refractivity contribution in [3.05, 3.63) is 22.5 Å². The molecule has 1 fully saturated rings. The molecule has 1 atom stereocenters. The van der Waals surface area contributed by atoms with Crippen molar-refractivity contribution in [1.82, 2.24) is 10.2 Å². The van der Waals surface area contributed by atoms with E-state index >= 15 is 0 Å². The van der Waals surface area contributed by atoms with Gasteiger partial charge in [-0.15, -0.1) is 0 Å². The molecule has 0 bridgehead atoms. The molecule has 0 spiro atoms. The second-order valence-corrected chi connectivity index (χ2v) is 7.16. The fourth-order valence-electron chi connectivity index (χ4n) is 3.76. The van der Waals surface area contributed by atoms with Gasteiger partial charge in [0.2, 0.25) is 0 Å². The lowest BCUT2D eigenvalue weighted by molar-refractivity contribution is -0.157. The first kappa shape index (κ1) is 22.4. The minimum absolute atomic E-state index is 0.0534. The Hall–Kier alpha value is -2.84. The average molecular weight is 408 g/mol. The molecule has 0 aromatic heterocycles. The summed E-state index contributed by atoms with van der Waals surface area (Å²) in [4.78, 5) is 51.7. The van der Waals surface area contributed by atoms with E-state index < -0.39 is 30.4 Å². The fourth-order valence-corrected chi connectivity index (χ4v) is 3.76. The summed E-state index contributed by atoms with van der Waals surface area (Å²) >= 11 is 0. The normalized spacial score (nSPS) is 20.2. The van der Waals surface area contributed by atoms with E-state index in [4.69, 9.17) is 14.2 Å². The third kappa shape index (κ3) is 4.78. The zero-order valence-corrected chi connectivity index (χ0v) is 17.5. The fraction of sp³-hybridized carbons (Fsp3) is 0.600. The summed E-state index contributed by atoms with van der Waals surface area (Å²) in [5.41, 5.74) is 0.615. The molecule has 9 nitrogen and oxygen atoms in total. The molecule has 0 saturated carbocycles. The summed E-state index contributed by atoms with van der Waals surface area (Å²) in [6.07, 6.45) is 2.86. The largest absolute Gasteiger partial charge is 0.466 e. The average Bonchev–Trinajstić information content (AvgIpc) is 2.70. The van der Waals surface area contributed by atoms with Gasteiger partial charge < -0.3 is 24.4 Å². The van der Waals surface area contributed by atoms with Crippen molar-refractivity contribution in [2.45, 2.75) is 46.1 Å². The number of amides is 1. The number of hydrogen-bond acceptors (Lipinski definition) is 8. The van der Waals surface area contributed by atoms with Gasteiger partial charge in [0.25, 0.3) is 5.91 Å². The zero-order valence-electron chi connectivity index (χ0n) is 17.5. The van der Waals surface area contributed by atoms with Crippen LogP contribution in [-0.2, 0) is 33.4 Å². The quantitative estimate of drug-likeness (QED) is 0.531. The topological polar surface area (TPSA) is 111 Å². The summed E-state index contributed by atoms with van der Waals surface area (Å²) in [5.74, 6) is -4.09. The maximum atomic E-state index is 12.9. The first-order valence-electron chi connectivity index (χ1n) is 9.54. The summed E-state index contributed by atoms with van der Waals surface area (Å²) in [6, 6.07) is 0.0781. The maximum absolute atomic E-state index is 12.9. The van der Waals surface area contributed by atoms with Gasteiger partial charge in [-0.05, 0) is 40.0 Å². The van der Waals surface area contributed by atoms with Crippen molar-refractivity contribution in [3.8, 4) is 0 Å². The number of carbonyl (C=O) groups is 4. The van der Waals surface area contributed by atoms with Gasteiger partial charge in [0, 0.05) is 24.0 Å². The summed E-state index contributed by atoms with van der Waals surface area (Å²) < 4.78 is 14.8. The lowest BCUT2D eigenvalue weighted by atomic mass is 9.85. The molecule has 1 saturated heterocycles. The molecule has 1 amide bonds. The van der Waals surface area contributed by atoms with Gasteiger partial charge in [0.15, 0.2) is 6.61 Å². The first-order chi connectivity index (χ1) is 13.7. The van der Waals surface area contributed by atoms with Crippen LogP contribution in [0, 0.1) is 5.92 Å². The Morgan fingerprint density at radius 1 is 1.00 bits per heavy atom. The Morgan fingerprint density at radius 3 is 2.03 bits per heavy atom. The number of piperidine rings is 1. The number of nitrogens with zero attached hydrogens (tertiary/aromatic N) is 1. The molecule has 2 heterocycles. The lowest BCUT2D eigenvalue weighted by Crippen LogP contribution is -2.45. The minimum Gasteiger partial charge on any atom is -0.466 e. The molecule has 0 unspecified atom stereocenters. The number of carbonyl (C=O) groups excluding carboxylic acids is 4. The number of hydrogen-bond donors (Lipinski definition) is 1. The third-order valence-corrected chi connectivity index (χ3v) is 5.27. The van der Waals surface area contributed by atoms with E-state index in [2.05, 4.69) is 5.32 Å². The molecular weight excluding hydrogens is 380 g/mol. The molecule has 2 aliphatic heterocycles. The SMILES string of the molecule is COC(=O)C1=C(C)NC(C)=C(C(=O)OC)C1C(=O)OCC(=O)N1CCCC[C@H]1C. The van der Waals surface area contributed by atoms with Crippen LogP contribution in [0.2, 0.25) is 0 Å². The number of ether oxygens (including phenoxy) is 3. The standard InChI is InChI=1S/C20H28N2O7/c1-11-8-6-7-9-22(11)14(23)10-29-20(26)17-15(18(24)27-4)12(2)21-13(3)16(17)19(25)28-5/h11,17,21H,6-10H2,1-5H3/t11-/m1/s1. The Morgan fingerprint density at radius 2 is 1.55 bits per heavy atom. The van der Waals surface area contributed by atoms with Gasteiger partial charge in [-0.25, -0.2) is 9.59 Å². The number of dihydropyridines is 1. The monoisotopic (exact) mass is 408 g/mol. The van der Waals surface area contributed by atoms with Gasteiger partial charge in [0.05, 0.1) is 25.4 Å². The lowest BCUT2D eigenvalue weighted by Gasteiger charge is -2.33. The number of likely N-dealkylation sites (tertiary alicyclic amines) is 1. The van der Waals surface area contributed by atoms with Crippen LogP contribution in [0.4, 0.5) is 0 Å². The molecule has 0 radical (unpaired) electrons. The van der Waals surface area contributed by atoms with Crippen molar-refractivity contribution in [2.24, 2.45) is 5.92 Å². The van der Waals surface area contributed by atoms with Gasteiger partial charge in [0.1, 0.15) is 5.92 Å². The smallest absolute Gasteiger partial charge is 0.336 e. The Balaban J connectivity index is 2.26. The van der Waals surface area contributed by atoms with E-state index in [0.29, 0.717) is 17.9 Å². The molecule has 160 valence electrons. The molecule has 1 N–H and O–H groups in total. The number of methoxy groups -OCH3 is 2. The van der Waals surface area contributed by atoms with Gasteiger partial charge >= 0.3 is 17.9 Å². The van der Waals surface area contributed by atoms with Crippen LogP contribution < -0.4 is 5.32 Å². The second kappa shape index (κ2) is 9.58. The van der Waals surface area contributed by atoms with Crippen LogP contribution in [0.25, 0.3) is 0 Å². The van der Waals surface area contributed by atoms with Crippen molar-refractivity contribution in [1.29, 1.82) is 0 Å². The molecule has 29 heavy (non-hydrogen) atoms. The molecule has 2 rings (SSSR count). The second-order valence-electron chi connectivity index (χ2n) is 7.16. The highest BCUT2D eigenvalue weighted by Gasteiger charge is 2.42. The predicted molar refractivity (Wildman–Crippen MR) is 102 cm³/mol. The van der Waals surface area contributed by atoms with Crippen LogP contribution in [-0.4, -0.2) is 62.1 Å². The van der Waals surface area contributed by atoms with E-state index in [1.54, 1.807) is 18.7 Å². The molecule has 0 aromatic carbocycles. The number of rotatable bonds is 5. The van der Waals surface area contributed by atoms with E-state index in [1.165, 1.54) is 14.2 Å². The first-order valence-corrected chi connectivity index (χ1v) is 9.54. The van der Waals surface area contributed by atoms with Crippen LogP contribution >= 0.6 is 0 Å². The number of allylic oxidation sites excluding steroid dienone is 2. The van der Waals surface area contributed by atoms with Crippen LogP contribution in [0.1, 0.15) is 40.0 Å². The number of nitrogens with one attached hydrogen (secondary N) is 1. The summed E-state index contributed by atoms with van der Waals surface area (Å²) in [5, 5.41) is 2.89. The molecule has 0 aromatic rings. The van der Waals surface area contributed by atoms with Crippen molar-refractivity contribution < 1.29 is 33.4 Å². The van der Waals surface area contributed by atoms with Gasteiger partial charge in [-0.3, -0.25) is 9.59 Å². The van der Waals surface area contributed by atoms with E-state index in [1.807, 2.05) is 6.92 Å². The highest BCUT2D eigenvalue weighted by molar-refractivity contribution is 6.05. The van der Waals surface area contributed by atoms with E-state index in [0.717, 1.165) is 19.3 Å². The molecule has 0 aliphatic carbocycles. The third-order valence-electron chi connectivity index (χ3n) is 5.27. The zero-order chi connectivity index (χ0) is 21.7. The van der Waals surface area contributed by atoms with Gasteiger partial charge in [-0.2, -0.15) is 0 Å².